The summed E-state index contributed by atoms with van der Waals surface area (Å²) in [6.07, 6.45) is 0.636. The molecule has 6 nitrogen and oxygen atoms in total. The van der Waals surface area contributed by atoms with Gasteiger partial charge >= 0.3 is 12.0 Å². The van der Waals surface area contributed by atoms with Gasteiger partial charge in [0.05, 0.1) is 31.0 Å². The van der Waals surface area contributed by atoms with Crippen LogP contribution >= 0.6 is 15.9 Å². The second-order valence-corrected chi connectivity index (χ2v) is 7.02. The highest BCUT2D eigenvalue weighted by Crippen LogP contribution is 2.16. The number of urea groups is 1. The summed E-state index contributed by atoms with van der Waals surface area (Å²) in [7, 11) is 2.03. The van der Waals surface area contributed by atoms with Crippen molar-refractivity contribution in [2.24, 2.45) is 0 Å². The minimum atomic E-state index is -0.367. The molecule has 7 heteroatoms. The number of ether oxygens (including phenoxy) is 1. The Labute approximate surface area is 156 Å². The molecule has 0 fully saturated rings. The van der Waals surface area contributed by atoms with Crippen LogP contribution in [0.5, 0.6) is 0 Å². The standard InChI is InChI=1S/C18H24BrN3O3/c1-4-14-16(17(23)25-5-2)15(21-18(24)20-14)11-22(3)10-12-6-8-13(19)9-7-12/h6-9,14H,4-5,10-11H2,1-3H3,(H2,20,21,24)/p+1/t14-/m0/s1. The predicted octanol–water partition coefficient (Wildman–Crippen LogP) is 1.37. The monoisotopic (exact) mass is 410 g/mol. The summed E-state index contributed by atoms with van der Waals surface area (Å²) in [5.41, 5.74) is 2.36. The van der Waals surface area contributed by atoms with Gasteiger partial charge < -0.3 is 20.3 Å². The molecule has 1 aliphatic rings. The lowest BCUT2D eigenvalue weighted by Gasteiger charge is -2.29. The molecular formula is C18H25BrN3O3+. The Hall–Kier alpha value is -1.86. The van der Waals surface area contributed by atoms with Gasteiger partial charge in [-0.15, -0.1) is 0 Å². The first-order valence-corrected chi connectivity index (χ1v) is 9.27. The van der Waals surface area contributed by atoms with E-state index in [-0.39, 0.29) is 18.0 Å². The Bertz CT molecular complexity index is 658. The van der Waals surface area contributed by atoms with Crippen LogP contribution in [0.25, 0.3) is 0 Å². The molecule has 1 aliphatic heterocycles. The van der Waals surface area contributed by atoms with Gasteiger partial charge in [0.15, 0.2) is 0 Å². The number of nitrogens with one attached hydrogen (secondary N) is 3. The van der Waals surface area contributed by atoms with E-state index >= 15 is 0 Å². The third kappa shape index (κ3) is 5.31. The van der Waals surface area contributed by atoms with Gasteiger partial charge in [0.2, 0.25) is 0 Å². The smallest absolute Gasteiger partial charge is 0.338 e. The highest BCUT2D eigenvalue weighted by molar-refractivity contribution is 9.10. The number of carbonyl (C=O) groups is 2. The molecule has 136 valence electrons. The average molecular weight is 411 g/mol. The van der Waals surface area contributed by atoms with Gasteiger partial charge in [-0.25, -0.2) is 9.59 Å². The zero-order valence-corrected chi connectivity index (χ0v) is 16.4. The van der Waals surface area contributed by atoms with Crippen LogP contribution in [0.15, 0.2) is 40.0 Å². The van der Waals surface area contributed by atoms with E-state index in [9.17, 15) is 9.59 Å². The van der Waals surface area contributed by atoms with Gasteiger partial charge in [0.1, 0.15) is 13.1 Å². The van der Waals surface area contributed by atoms with E-state index in [0.717, 1.165) is 15.9 Å². The SMILES string of the molecule is CCOC(=O)C1=C(C[NH+](C)Cc2ccc(Br)cc2)NC(=O)N[C@H]1CC. The van der Waals surface area contributed by atoms with Crippen molar-refractivity contribution in [1.82, 2.24) is 10.6 Å². The summed E-state index contributed by atoms with van der Waals surface area (Å²) in [6, 6.07) is 7.54. The van der Waals surface area contributed by atoms with Crippen molar-refractivity contribution >= 4 is 27.9 Å². The van der Waals surface area contributed by atoms with Gasteiger partial charge in [-0.3, -0.25) is 0 Å². The molecule has 0 spiro atoms. The largest absolute Gasteiger partial charge is 0.463 e. The van der Waals surface area contributed by atoms with E-state index in [1.54, 1.807) is 6.92 Å². The molecule has 2 rings (SSSR count). The van der Waals surface area contributed by atoms with E-state index in [1.807, 2.05) is 26.1 Å². The number of esters is 1. The molecule has 1 unspecified atom stereocenters. The maximum Gasteiger partial charge on any atom is 0.338 e. The summed E-state index contributed by atoms with van der Waals surface area (Å²) in [4.78, 5) is 25.5. The topological polar surface area (TPSA) is 71.9 Å². The summed E-state index contributed by atoms with van der Waals surface area (Å²) in [6.45, 7) is 5.34. The molecule has 1 heterocycles. The molecule has 0 radical (unpaired) electrons. The lowest BCUT2D eigenvalue weighted by Crippen LogP contribution is -3.08. The van der Waals surface area contributed by atoms with E-state index in [1.165, 1.54) is 5.56 Å². The zero-order valence-electron chi connectivity index (χ0n) is 14.8. The van der Waals surface area contributed by atoms with Crippen LogP contribution in [0.2, 0.25) is 0 Å². The fraction of sp³-hybridized carbons (Fsp3) is 0.444. The van der Waals surface area contributed by atoms with Crippen LogP contribution < -0.4 is 15.5 Å². The fourth-order valence-electron chi connectivity index (χ4n) is 2.92. The van der Waals surface area contributed by atoms with Gasteiger partial charge in [0.25, 0.3) is 0 Å². The van der Waals surface area contributed by atoms with E-state index in [2.05, 4.69) is 38.7 Å². The third-order valence-electron chi connectivity index (χ3n) is 4.04. The molecule has 3 N–H and O–H groups in total. The fourth-order valence-corrected chi connectivity index (χ4v) is 3.18. The highest BCUT2D eigenvalue weighted by atomic mass is 79.9. The Kier molecular flexibility index (Phi) is 7.01. The number of hydrogen-bond donors (Lipinski definition) is 3. The molecule has 0 bridgehead atoms. The molecule has 1 aromatic rings. The zero-order chi connectivity index (χ0) is 18.4. The van der Waals surface area contributed by atoms with Gasteiger partial charge in [-0.05, 0) is 25.5 Å². The van der Waals surface area contributed by atoms with Crippen LogP contribution in [-0.2, 0) is 16.1 Å². The van der Waals surface area contributed by atoms with E-state index in [0.29, 0.717) is 30.8 Å². The number of hydrogen-bond acceptors (Lipinski definition) is 3. The van der Waals surface area contributed by atoms with Crippen molar-refractivity contribution in [3.05, 3.63) is 45.6 Å². The molecular weight excluding hydrogens is 386 g/mol. The summed E-state index contributed by atoms with van der Waals surface area (Å²) in [5.74, 6) is -0.367. The molecule has 0 saturated carbocycles. The minimum absolute atomic E-state index is 0.272. The molecule has 0 saturated heterocycles. The number of quaternary nitrogens is 1. The number of halogens is 1. The van der Waals surface area contributed by atoms with Gasteiger partial charge in [-0.1, -0.05) is 35.0 Å². The maximum atomic E-state index is 12.4. The van der Waals surface area contributed by atoms with E-state index in [4.69, 9.17) is 4.74 Å². The van der Waals surface area contributed by atoms with Crippen molar-refractivity contribution in [2.75, 3.05) is 20.2 Å². The number of rotatable bonds is 7. The molecule has 0 aromatic heterocycles. The van der Waals surface area contributed by atoms with Crippen LogP contribution in [0, 0.1) is 0 Å². The summed E-state index contributed by atoms with van der Waals surface area (Å²) < 4.78 is 6.23. The maximum absolute atomic E-state index is 12.4. The van der Waals surface area contributed by atoms with Crippen molar-refractivity contribution in [3.63, 3.8) is 0 Å². The Balaban J connectivity index is 2.19. The predicted molar refractivity (Wildman–Crippen MR) is 99.0 cm³/mol. The van der Waals surface area contributed by atoms with Gasteiger partial charge in [-0.2, -0.15) is 0 Å². The summed E-state index contributed by atoms with van der Waals surface area (Å²) in [5, 5.41) is 5.59. The molecule has 25 heavy (non-hydrogen) atoms. The van der Waals surface area contributed by atoms with Gasteiger partial charge in [0, 0.05) is 10.0 Å². The minimum Gasteiger partial charge on any atom is -0.463 e. The highest BCUT2D eigenvalue weighted by Gasteiger charge is 2.32. The second-order valence-electron chi connectivity index (χ2n) is 6.11. The number of benzene rings is 1. The molecule has 1 aromatic carbocycles. The normalized spacial score (nSPS) is 18.4. The average Bonchev–Trinajstić information content (AvgIpc) is 2.56. The first-order chi connectivity index (χ1) is 11.9. The molecule has 2 amide bonds. The quantitative estimate of drug-likeness (QED) is 0.594. The Morgan fingerprint density at radius 1 is 1.24 bits per heavy atom. The Morgan fingerprint density at radius 3 is 2.52 bits per heavy atom. The number of amides is 2. The molecule has 2 atom stereocenters. The van der Waals surface area contributed by atoms with Crippen LogP contribution in [0.1, 0.15) is 25.8 Å². The summed E-state index contributed by atoms with van der Waals surface area (Å²) >= 11 is 3.43. The lowest BCUT2D eigenvalue weighted by atomic mass is 10.00. The van der Waals surface area contributed by atoms with Crippen molar-refractivity contribution in [3.8, 4) is 0 Å². The first kappa shape index (κ1) is 19.5. The van der Waals surface area contributed by atoms with Crippen molar-refractivity contribution < 1.29 is 19.2 Å². The van der Waals surface area contributed by atoms with Crippen LogP contribution in [0.3, 0.4) is 0 Å². The lowest BCUT2D eigenvalue weighted by molar-refractivity contribution is -0.889. The van der Waals surface area contributed by atoms with Crippen molar-refractivity contribution in [1.29, 1.82) is 0 Å². The number of likely N-dealkylation sites (N-methyl/N-ethyl adjacent to an activating group) is 1. The Morgan fingerprint density at radius 2 is 1.92 bits per heavy atom. The first-order valence-electron chi connectivity index (χ1n) is 8.48. The second kappa shape index (κ2) is 9.01. The molecule has 0 aliphatic carbocycles. The van der Waals surface area contributed by atoms with Crippen molar-refractivity contribution in [2.45, 2.75) is 32.9 Å². The van der Waals surface area contributed by atoms with E-state index < -0.39 is 0 Å². The number of carbonyl (C=O) groups excluding carboxylic acids is 2. The third-order valence-corrected chi connectivity index (χ3v) is 4.57. The van der Waals surface area contributed by atoms with Crippen LogP contribution in [0.4, 0.5) is 4.79 Å². The van der Waals surface area contributed by atoms with Crippen LogP contribution in [-0.4, -0.2) is 38.2 Å².